The number of carbonyl (C=O) groups excluding carboxylic acids is 6. The predicted molar refractivity (Wildman–Crippen MR) is 183 cm³/mol. The molecule has 0 aliphatic carbocycles. The van der Waals surface area contributed by atoms with E-state index >= 15 is 0 Å². The summed E-state index contributed by atoms with van der Waals surface area (Å²) in [7, 11) is 0. The van der Waals surface area contributed by atoms with Gasteiger partial charge >= 0.3 is 5.97 Å². The van der Waals surface area contributed by atoms with Crippen LogP contribution < -0.4 is 26.6 Å². The Morgan fingerprint density at radius 3 is 2.26 bits per heavy atom. The first kappa shape index (κ1) is 41.1. The van der Waals surface area contributed by atoms with Gasteiger partial charge in [0.25, 0.3) is 5.91 Å². The highest BCUT2D eigenvalue weighted by Gasteiger charge is 2.33. The van der Waals surface area contributed by atoms with Crippen LogP contribution in [0.5, 0.6) is 0 Å². The van der Waals surface area contributed by atoms with Crippen molar-refractivity contribution in [3.63, 3.8) is 0 Å². The summed E-state index contributed by atoms with van der Waals surface area (Å²) in [5.74, 6) is -3.35. The highest BCUT2D eigenvalue weighted by Crippen LogP contribution is 2.18. The minimum atomic E-state index is -1.03. The molecule has 50 heavy (non-hydrogen) atoms. The molecule has 1 saturated heterocycles. The number of hydrogen-bond donors (Lipinski definition) is 5. The van der Waals surface area contributed by atoms with E-state index in [1.165, 1.54) is 25.1 Å². The number of aromatic nitrogens is 1. The van der Waals surface area contributed by atoms with Crippen molar-refractivity contribution in [1.29, 1.82) is 0 Å². The predicted octanol–water partition coefficient (Wildman–Crippen LogP) is 1.26. The van der Waals surface area contributed by atoms with E-state index in [9.17, 15) is 28.8 Å². The molecule has 1 aliphatic heterocycles. The standard InChI is InChI=1S/C35H48N6O8.H2O/c1-20(2)16-27(39-35(47)30(21(3)4)40-31(43)23(6)37-34(46)28-17-22(5)49-41-28)33(45)38-26(18-25-14-15-36-32(25)44)12-13-29(42)48-19-24-10-8-7-9-11-24;/h7-13,17,20-21,23,25-27,30H,14-16,18-19H2,1-6H3,(H,36,44)(H,37,46)(H,38,45)(H,39,47)(H,40,43);1H2/b13-12+;/t23-,25-,26+,27-,30-;/m0./s1. The van der Waals surface area contributed by atoms with E-state index in [-0.39, 0.29) is 54.3 Å². The number of benzene rings is 1. The largest absolute Gasteiger partial charge is 0.458 e. The van der Waals surface area contributed by atoms with Gasteiger partial charge in [0.2, 0.25) is 23.6 Å². The Morgan fingerprint density at radius 1 is 0.980 bits per heavy atom. The summed E-state index contributed by atoms with van der Waals surface area (Å²) in [6, 6.07) is 6.89. The minimum absolute atomic E-state index is 0. The molecule has 0 bridgehead atoms. The van der Waals surface area contributed by atoms with Crippen LogP contribution in [0.15, 0.2) is 53.1 Å². The maximum Gasteiger partial charge on any atom is 0.330 e. The maximum absolute atomic E-state index is 13.7. The number of nitrogens with zero attached hydrogens (tertiary/aromatic N) is 1. The number of ether oxygens (including phenoxy) is 1. The molecule has 5 atom stereocenters. The van der Waals surface area contributed by atoms with Crippen molar-refractivity contribution < 1.29 is 43.5 Å². The van der Waals surface area contributed by atoms with E-state index in [4.69, 9.17) is 9.26 Å². The molecule has 5 amide bonds. The van der Waals surface area contributed by atoms with Gasteiger partial charge in [0.15, 0.2) is 5.69 Å². The fourth-order valence-electron chi connectivity index (χ4n) is 5.20. The molecule has 2 heterocycles. The lowest BCUT2D eigenvalue weighted by Gasteiger charge is -2.28. The number of hydrogen-bond acceptors (Lipinski definition) is 9. The molecule has 1 aromatic heterocycles. The Bertz CT molecular complexity index is 1490. The van der Waals surface area contributed by atoms with Crippen molar-refractivity contribution >= 4 is 35.5 Å². The van der Waals surface area contributed by atoms with Gasteiger partial charge in [-0.25, -0.2) is 4.79 Å². The van der Waals surface area contributed by atoms with Crippen molar-refractivity contribution in [2.24, 2.45) is 17.8 Å². The Morgan fingerprint density at radius 2 is 1.68 bits per heavy atom. The van der Waals surface area contributed by atoms with E-state index in [2.05, 4.69) is 31.7 Å². The number of rotatable bonds is 17. The average Bonchev–Trinajstić information content (AvgIpc) is 3.68. The number of carbonyl (C=O) groups is 6. The second-order valence-electron chi connectivity index (χ2n) is 13.0. The normalized spacial score (nSPS) is 16.5. The van der Waals surface area contributed by atoms with Crippen molar-refractivity contribution in [2.45, 2.75) is 91.6 Å². The lowest BCUT2D eigenvalue weighted by atomic mass is 9.96. The zero-order valence-corrected chi connectivity index (χ0v) is 29.4. The van der Waals surface area contributed by atoms with Gasteiger partial charge in [-0.05, 0) is 50.5 Å². The molecule has 0 unspecified atom stereocenters. The molecule has 15 heteroatoms. The number of amides is 5. The summed E-state index contributed by atoms with van der Waals surface area (Å²) in [4.78, 5) is 77.6. The zero-order chi connectivity index (χ0) is 36.1. The third-order valence-corrected chi connectivity index (χ3v) is 7.91. The van der Waals surface area contributed by atoms with Gasteiger partial charge in [-0.2, -0.15) is 0 Å². The molecule has 0 saturated carbocycles. The van der Waals surface area contributed by atoms with Crippen LogP contribution in [0.4, 0.5) is 0 Å². The van der Waals surface area contributed by atoms with Gasteiger partial charge in [0, 0.05) is 30.6 Å². The Labute approximate surface area is 292 Å². The van der Waals surface area contributed by atoms with Crippen LogP contribution in [-0.2, 0) is 35.3 Å². The maximum atomic E-state index is 13.7. The molecular formula is C35H50N6O9. The zero-order valence-electron chi connectivity index (χ0n) is 29.4. The first-order valence-electron chi connectivity index (χ1n) is 16.5. The Hall–Kier alpha value is -5.05. The molecule has 1 fully saturated rings. The van der Waals surface area contributed by atoms with E-state index in [0.717, 1.165) is 5.56 Å². The van der Waals surface area contributed by atoms with Crippen molar-refractivity contribution in [2.75, 3.05) is 6.54 Å². The molecule has 2 aromatic rings. The molecule has 0 radical (unpaired) electrons. The average molecular weight is 699 g/mol. The molecular weight excluding hydrogens is 648 g/mol. The van der Waals surface area contributed by atoms with Crippen LogP contribution >= 0.6 is 0 Å². The van der Waals surface area contributed by atoms with Crippen LogP contribution in [0.1, 0.15) is 75.7 Å². The van der Waals surface area contributed by atoms with E-state index in [1.54, 1.807) is 20.8 Å². The van der Waals surface area contributed by atoms with Crippen molar-refractivity contribution in [3.05, 3.63) is 65.6 Å². The van der Waals surface area contributed by atoms with Gasteiger partial charge in [0.1, 0.15) is 30.5 Å². The quantitative estimate of drug-likeness (QED) is 0.118. The van der Waals surface area contributed by atoms with E-state index in [0.29, 0.717) is 18.7 Å². The van der Waals surface area contributed by atoms with Crippen LogP contribution in [0.25, 0.3) is 0 Å². The molecule has 274 valence electrons. The lowest BCUT2D eigenvalue weighted by molar-refractivity contribution is -0.139. The first-order chi connectivity index (χ1) is 23.2. The van der Waals surface area contributed by atoms with Crippen LogP contribution in [0, 0.1) is 24.7 Å². The molecule has 7 N–H and O–H groups in total. The van der Waals surface area contributed by atoms with Crippen LogP contribution in [0.3, 0.4) is 0 Å². The molecule has 0 spiro atoms. The molecule has 1 aromatic carbocycles. The summed E-state index contributed by atoms with van der Waals surface area (Å²) >= 11 is 0. The monoisotopic (exact) mass is 698 g/mol. The summed E-state index contributed by atoms with van der Waals surface area (Å²) in [6.45, 7) is 11.0. The fraction of sp³-hybridized carbons (Fsp3) is 0.514. The smallest absolute Gasteiger partial charge is 0.330 e. The highest BCUT2D eigenvalue weighted by molar-refractivity contribution is 5.97. The van der Waals surface area contributed by atoms with Crippen molar-refractivity contribution in [1.82, 2.24) is 31.7 Å². The summed E-state index contributed by atoms with van der Waals surface area (Å²) in [5.41, 5.74) is 0.837. The van der Waals surface area contributed by atoms with Gasteiger partial charge in [-0.15, -0.1) is 0 Å². The van der Waals surface area contributed by atoms with Crippen LogP contribution in [0.2, 0.25) is 0 Å². The Kier molecular flexibility index (Phi) is 16.3. The second-order valence-corrected chi connectivity index (χ2v) is 13.0. The highest BCUT2D eigenvalue weighted by atomic mass is 16.5. The third-order valence-electron chi connectivity index (χ3n) is 7.91. The minimum Gasteiger partial charge on any atom is -0.458 e. The topological polar surface area (TPSA) is 229 Å². The first-order valence-corrected chi connectivity index (χ1v) is 16.5. The molecule has 3 rings (SSSR count). The number of esters is 1. The van der Waals surface area contributed by atoms with Crippen molar-refractivity contribution in [3.8, 4) is 0 Å². The fourth-order valence-corrected chi connectivity index (χ4v) is 5.20. The number of aryl methyl sites for hydroxylation is 1. The molecule has 1 aliphatic rings. The van der Waals surface area contributed by atoms with Gasteiger partial charge < -0.3 is 41.3 Å². The SMILES string of the molecule is Cc1cc(C(=O)N[C@@H](C)C(=O)N[C@H](C(=O)N[C@@H](CC(C)C)C(=O)N[C@H](/C=C/C(=O)OCc2ccccc2)C[C@@H]2CCNC2=O)C(C)C)no1.O. The summed E-state index contributed by atoms with van der Waals surface area (Å²) in [6.07, 6.45) is 3.82. The number of nitrogens with one attached hydrogen (secondary N) is 5. The van der Waals surface area contributed by atoms with E-state index < -0.39 is 53.8 Å². The second kappa shape index (κ2) is 19.8. The van der Waals surface area contributed by atoms with E-state index in [1.807, 2.05) is 44.2 Å². The van der Waals surface area contributed by atoms with Gasteiger partial charge in [0.05, 0.1) is 0 Å². The van der Waals surface area contributed by atoms with Gasteiger partial charge in [-0.1, -0.05) is 69.3 Å². The third kappa shape index (κ3) is 13.1. The molecule has 15 nitrogen and oxygen atoms in total. The van der Waals surface area contributed by atoms with Crippen LogP contribution in [-0.4, -0.2) is 76.9 Å². The lowest BCUT2D eigenvalue weighted by Crippen LogP contribution is -2.58. The Balaban J connectivity index is 0.00000867. The summed E-state index contributed by atoms with van der Waals surface area (Å²) < 4.78 is 10.2. The van der Waals surface area contributed by atoms with Gasteiger partial charge in [-0.3, -0.25) is 24.0 Å². The summed E-state index contributed by atoms with van der Waals surface area (Å²) in [5, 5.41) is 17.3.